The zero-order valence-corrected chi connectivity index (χ0v) is 12.6. The minimum atomic E-state index is -0.863. The van der Waals surface area contributed by atoms with Crippen LogP contribution in [0.2, 0.25) is 0 Å². The van der Waals surface area contributed by atoms with Gasteiger partial charge in [0.25, 0.3) is 0 Å². The lowest BCUT2D eigenvalue weighted by Gasteiger charge is -2.06. The van der Waals surface area contributed by atoms with E-state index in [1.807, 2.05) is 31.2 Å². The van der Waals surface area contributed by atoms with Crippen LogP contribution >= 0.6 is 11.3 Å². The van der Waals surface area contributed by atoms with Crippen LogP contribution in [0.4, 0.5) is 0 Å². The van der Waals surface area contributed by atoms with E-state index in [0.29, 0.717) is 25.3 Å². The lowest BCUT2D eigenvalue weighted by Crippen LogP contribution is -2.03. The minimum Gasteiger partial charge on any atom is -0.494 e. The first-order valence-corrected chi connectivity index (χ1v) is 7.56. The molecule has 0 bridgehead atoms. The molecular weight excluding hydrogens is 290 g/mol. The number of hydrogen-bond donors (Lipinski definition) is 1. The van der Waals surface area contributed by atoms with Gasteiger partial charge in [-0.25, -0.2) is 4.98 Å². The van der Waals surface area contributed by atoms with Crippen molar-refractivity contribution < 1.29 is 19.4 Å². The van der Waals surface area contributed by atoms with Gasteiger partial charge in [0.05, 0.1) is 30.3 Å². The molecule has 0 saturated carbocycles. The van der Waals surface area contributed by atoms with Gasteiger partial charge in [0.15, 0.2) is 0 Å². The van der Waals surface area contributed by atoms with E-state index in [2.05, 4.69) is 4.98 Å². The van der Waals surface area contributed by atoms with Crippen molar-refractivity contribution in [3.8, 4) is 11.5 Å². The molecule has 0 saturated heterocycles. The quantitative estimate of drug-likeness (QED) is 0.812. The molecule has 0 radical (unpaired) electrons. The van der Waals surface area contributed by atoms with E-state index in [1.165, 1.54) is 11.3 Å². The molecule has 0 fully saturated rings. The first kappa shape index (κ1) is 15.3. The van der Waals surface area contributed by atoms with E-state index in [9.17, 15) is 4.79 Å². The summed E-state index contributed by atoms with van der Waals surface area (Å²) < 4.78 is 11.0. The van der Waals surface area contributed by atoms with E-state index >= 15 is 0 Å². The van der Waals surface area contributed by atoms with Gasteiger partial charge in [0.2, 0.25) is 0 Å². The molecule has 0 aliphatic heterocycles. The van der Waals surface area contributed by atoms with Crippen LogP contribution in [-0.2, 0) is 17.6 Å². The van der Waals surface area contributed by atoms with Crippen LogP contribution in [0, 0.1) is 0 Å². The Bertz CT molecular complexity index is 580. The normalized spacial score (nSPS) is 10.3. The van der Waals surface area contributed by atoms with E-state index in [-0.39, 0.29) is 6.42 Å². The van der Waals surface area contributed by atoms with Crippen LogP contribution in [0.3, 0.4) is 0 Å². The van der Waals surface area contributed by atoms with Gasteiger partial charge >= 0.3 is 5.97 Å². The van der Waals surface area contributed by atoms with Crippen molar-refractivity contribution in [2.45, 2.75) is 19.8 Å². The van der Waals surface area contributed by atoms with Gasteiger partial charge < -0.3 is 14.6 Å². The van der Waals surface area contributed by atoms with Crippen LogP contribution in [0.25, 0.3) is 0 Å². The van der Waals surface area contributed by atoms with Crippen molar-refractivity contribution in [1.82, 2.24) is 4.98 Å². The summed E-state index contributed by atoms with van der Waals surface area (Å²) in [6, 6.07) is 7.46. The first-order chi connectivity index (χ1) is 10.2. The van der Waals surface area contributed by atoms with Gasteiger partial charge in [-0.15, -0.1) is 11.3 Å². The zero-order chi connectivity index (χ0) is 15.1. The van der Waals surface area contributed by atoms with Gasteiger partial charge in [-0.1, -0.05) is 0 Å². The average molecular weight is 307 g/mol. The summed E-state index contributed by atoms with van der Waals surface area (Å²) >= 11 is 1.46. The SMILES string of the molecule is CCOc1ccc(OCCc2nc(CC(=O)O)cs2)cc1. The summed E-state index contributed by atoms with van der Waals surface area (Å²) in [5.41, 5.74) is 0.601. The molecule has 0 spiro atoms. The molecule has 21 heavy (non-hydrogen) atoms. The number of carboxylic acid groups (broad SMARTS) is 1. The highest BCUT2D eigenvalue weighted by Crippen LogP contribution is 2.18. The summed E-state index contributed by atoms with van der Waals surface area (Å²) in [7, 11) is 0. The fraction of sp³-hybridized carbons (Fsp3) is 0.333. The standard InChI is InChI=1S/C15H17NO4S/c1-2-19-12-3-5-13(6-4-12)20-8-7-14-16-11(10-21-14)9-15(17)18/h3-6,10H,2,7-9H2,1H3,(H,17,18). The van der Waals surface area contributed by atoms with Crippen molar-refractivity contribution in [2.24, 2.45) is 0 Å². The van der Waals surface area contributed by atoms with Crippen LogP contribution in [-0.4, -0.2) is 29.3 Å². The predicted octanol–water partition coefficient (Wildman–Crippen LogP) is 2.79. The summed E-state index contributed by atoms with van der Waals surface area (Å²) in [6.07, 6.45) is 0.633. The number of thiazole rings is 1. The fourth-order valence-corrected chi connectivity index (χ4v) is 2.53. The Morgan fingerprint density at radius 2 is 1.90 bits per heavy atom. The van der Waals surface area contributed by atoms with E-state index < -0.39 is 5.97 Å². The van der Waals surface area contributed by atoms with Crippen molar-refractivity contribution in [3.05, 3.63) is 40.3 Å². The highest BCUT2D eigenvalue weighted by molar-refractivity contribution is 7.09. The number of carboxylic acids is 1. The first-order valence-electron chi connectivity index (χ1n) is 6.68. The van der Waals surface area contributed by atoms with Crippen LogP contribution in [0.5, 0.6) is 11.5 Å². The summed E-state index contributed by atoms with van der Waals surface area (Å²) in [5.74, 6) is 0.737. The van der Waals surface area contributed by atoms with Crippen LogP contribution in [0.15, 0.2) is 29.6 Å². The van der Waals surface area contributed by atoms with Crippen molar-refractivity contribution in [3.63, 3.8) is 0 Å². The van der Waals surface area contributed by atoms with Gasteiger partial charge in [0.1, 0.15) is 11.5 Å². The predicted molar refractivity (Wildman–Crippen MR) is 80.3 cm³/mol. The van der Waals surface area contributed by atoms with Crippen LogP contribution in [0.1, 0.15) is 17.6 Å². The van der Waals surface area contributed by atoms with Crippen molar-refractivity contribution >= 4 is 17.3 Å². The molecule has 0 amide bonds. The Kier molecular flexibility index (Phi) is 5.57. The molecule has 1 aromatic heterocycles. The van der Waals surface area contributed by atoms with Crippen LogP contribution < -0.4 is 9.47 Å². The Labute approximate surface area is 127 Å². The Balaban J connectivity index is 1.78. The van der Waals surface area contributed by atoms with Gasteiger partial charge in [0, 0.05) is 11.8 Å². The summed E-state index contributed by atoms with van der Waals surface area (Å²) in [4.78, 5) is 14.8. The fourth-order valence-electron chi connectivity index (χ4n) is 1.75. The number of aliphatic carboxylic acids is 1. The molecule has 2 aromatic rings. The molecule has 5 nitrogen and oxygen atoms in total. The second kappa shape index (κ2) is 7.64. The molecular formula is C15H17NO4S. The monoisotopic (exact) mass is 307 g/mol. The maximum atomic E-state index is 10.6. The number of aromatic nitrogens is 1. The van der Waals surface area contributed by atoms with Crippen molar-refractivity contribution in [1.29, 1.82) is 0 Å². The molecule has 0 aliphatic rings. The highest BCUT2D eigenvalue weighted by atomic mass is 32.1. The Morgan fingerprint density at radius 3 is 2.52 bits per heavy atom. The van der Waals surface area contributed by atoms with Crippen molar-refractivity contribution in [2.75, 3.05) is 13.2 Å². The smallest absolute Gasteiger partial charge is 0.309 e. The molecule has 1 N–H and O–H groups in total. The second-order valence-corrected chi connectivity index (χ2v) is 5.25. The summed E-state index contributed by atoms with van der Waals surface area (Å²) in [5, 5.41) is 11.4. The maximum Gasteiger partial charge on any atom is 0.309 e. The lowest BCUT2D eigenvalue weighted by molar-refractivity contribution is -0.136. The highest BCUT2D eigenvalue weighted by Gasteiger charge is 2.06. The number of benzene rings is 1. The third-order valence-electron chi connectivity index (χ3n) is 2.65. The number of carbonyl (C=O) groups is 1. The topological polar surface area (TPSA) is 68.7 Å². The molecule has 0 aliphatic carbocycles. The summed E-state index contributed by atoms with van der Waals surface area (Å²) in [6.45, 7) is 3.09. The maximum absolute atomic E-state index is 10.6. The molecule has 0 atom stereocenters. The molecule has 1 heterocycles. The average Bonchev–Trinajstić information content (AvgIpc) is 2.88. The third-order valence-corrected chi connectivity index (χ3v) is 3.61. The Hall–Kier alpha value is -2.08. The largest absolute Gasteiger partial charge is 0.494 e. The molecule has 1 aromatic carbocycles. The van der Waals surface area contributed by atoms with Gasteiger partial charge in [-0.05, 0) is 31.2 Å². The lowest BCUT2D eigenvalue weighted by atomic mass is 10.3. The minimum absolute atomic E-state index is 0.0315. The number of rotatable bonds is 8. The Morgan fingerprint density at radius 1 is 1.24 bits per heavy atom. The van der Waals surface area contributed by atoms with E-state index in [1.54, 1.807) is 5.38 Å². The second-order valence-electron chi connectivity index (χ2n) is 4.31. The third kappa shape index (κ3) is 5.07. The van der Waals surface area contributed by atoms with E-state index in [0.717, 1.165) is 16.5 Å². The van der Waals surface area contributed by atoms with E-state index in [4.69, 9.17) is 14.6 Å². The molecule has 2 rings (SSSR count). The zero-order valence-electron chi connectivity index (χ0n) is 11.7. The molecule has 6 heteroatoms. The number of hydrogen-bond acceptors (Lipinski definition) is 5. The number of nitrogens with zero attached hydrogens (tertiary/aromatic N) is 1. The molecule has 112 valence electrons. The van der Waals surface area contributed by atoms with Gasteiger partial charge in [-0.2, -0.15) is 0 Å². The molecule has 0 unspecified atom stereocenters. The van der Waals surface area contributed by atoms with Gasteiger partial charge in [-0.3, -0.25) is 4.79 Å². The number of ether oxygens (including phenoxy) is 2.